The molecule has 3 aliphatic rings. The summed E-state index contributed by atoms with van der Waals surface area (Å²) >= 11 is 0. The van der Waals surface area contributed by atoms with Crippen molar-refractivity contribution in [3.63, 3.8) is 0 Å². The fourth-order valence-corrected chi connectivity index (χ4v) is 4.25. The highest BCUT2D eigenvalue weighted by Gasteiger charge is 2.66. The van der Waals surface area contributed by atoms with E-state index in [1.807, 2.05) is 9.80 Å². The molecule has 1 aliphatic carbocycles. The average molecular weight is 352 g/mol. The molecule has 1 N–H and O–H groups in total. The van der Waals surface area contributed by atoms with Crippen molar-refractivity contribution in [2.24, 2.45) is 17.3 Å². The van der Waals surface area contributed by atoms with Gasteiger partial charge in [-0.3, -0.25) is 4.79 Å². The topological polar surface area (TPSA) is 69.6 Å². The highest BCUT2D eigenvalue weighted by Crippen LogP contribution is 2.64. The maximum absolute atomic E-state index is 13.9. The Kier molecular flexibility index (Phi) is 3.46. The van der Waals surface area contributed by atoms with Crippen LogP contribution in [0.2, 0.25) is 0 Å². The first-order chi connectivity index (χ1) is 11.7. The van der Waals surface area contributed by atoms with Crippen LogP contribution in [0.4, 0.5) is 20.5 Å². The summed E-state index contributed by atoms with van der Waals surface area (Å²) < 4.78 is 27.7. The number of rotatable bonds is 5. The number of piperidine rings is 1. The van der Waals surface area contributed by atoms with Crippen molar-refractivity contribution in [1.29, 1.82) is 0 Å². The lowest BCUT2D eigenvalue weighted by atomic mass is 10.1. The Morgan fingerprint density at radius 1 is 1.40 bits per heavy atom. The molecule has 3 heterocycles. The third kappa shape index (κ3) is 2.71. The summed E-state index contributed by atoms with van der Waals surface area (Å²) in [7, 11) is 0. The molecule has 136 valence electrons. The van der Waals surface area contributed by atoms with E-state index in [1.165, 1.54) is 6.07 Å². The van der Waals surface area contributed by atoms with Crippen molar-refractivity contribution in [3.05, 3.63) is 11.8 Å². The molecule has 0 aromatic carbocycles. The van der Waals surface area contributed by atoms with Crippen LogP contribution in [0, 0.1) is 17.3 Å². The van der Waals surface area contributed by atoms with Gasteiger partial charge in [0.05, 0.1) is 0 Å². The zero-order valence-corrected chi connectivity index (χ0v) is 14.4. The Bertz CT molecular complexity index is 719. The highest BCUT2D eigenvalue weighted by molar-refractivity contribution is 5.68. The van der Waals surface area contributed by atoms with Crippen molar-refractivity contribution in [1.82, 2.24) is 9.97 Å². The fourth-order valence-electron chi connectivity index (χ4n) is 4.25. The van der Waals surface area contributed by atoms with Gasteiger partial charge in [0.2, 0.25) is 5.95 Å². The van der Waals surface area contributed by atoms with Crippen LogP contribution < -0.4 is 9.80 Å². The number of fused-ring (bicyclic) bond motifs is 1. The van der Waals surface area contributed by atoms with Crippen molar-refractivity contribution in [2.75, 3.05) is 36.0 Å². The molecule has 1 saturated carbocycles. The first-order valence-electron chi connectivity index (χ1n) is 8.67. The molecule has 1 aromatic rings. The number of halogens is 2. The summed E-state index contributed by atoms with van der Waals surface area (Å²) in [5, 5.41) is 9.01. The second-order valence-corrected chi connectivity index (χ2v) is 7.84. The Morgan fingerprint density at radius 3 is 2.60 bits per heavy atom. The number of carbonyl (C=O) groups is 1. The molecule has 2 saturated heterocycles. The fraction of sp³-hybridized carbons (Fsp3) is 0.706. The molecule has 1 aromatic heterocycles. The van der Waals surface area contributed by atoms with Gasteiger partial charge in [-0.2, -0.15) is 13.8 Å². The smallest absolute Gasteiger partial charge is 0.303 e. The van der Waals surface area contributed by atoms with Crippen LogP contribution in [0.3, 0.4) is 0 Å². The Morgan fingerprint density at radius 2 is 2.12 bits per heavy atom. The number of carboxylic acids is 1. The quantitative estimate of drug-likeness (QED) is 0.877. The SMILES string of the molecule is CC(F)(F)c1cc(N2CC3C(CC(=O)O)C3(C)C2)nc(N2CCC2)n1. The van der Waals surface area contributed by atoms with Crippen LogP contribution in [-0.2, 0) is 10.7 Å². The van der Waals surface area contributed by atoms with Gasteiger partial charge in [-0.25, -0.2) is 4.98 Å². The number of hydrogen-bond acceptors (Lipinski definition) is 5. The van der Waals surface area contributed by atoms with E-state index in [0.717, 1.165) is 26.4 Å². The molecule has 0 radical (unpaired) electrons. The monoisotopic (exact) mass is 352 g/mol. The Balaban J connectivity index is 1.58. The van der Waals surface area contributed by atoms with Crippen molar-refractivity contribution >= 4 is 17.7 Å². The number of anilines is 2. The van der Waals surface area contributed by atoms with Gasteiger partial charge in [-0.05, 0) is 23.7 Å². The lowest BCUT2D eigenvalue weighted by Crippen LogP contribution is -2.39. The molecule has 2 aliphatic heterocycles. The van der Waals surface area contributed by atoms with E-state index in [2.05, 4.69) is 16.9 Å². The van der Waals surface area contributed by atoms with Gasteiger partial charge in [0.25, 0.3) is 5.92 Å². The summed E-state index contributed by atoms with van der Waals surface area (Å²) in [6.07, 6.45) is 1.20. The number of nitrogens with zero attached hydrogens (tertiary/aromatic N) is 4. The van der Waals surface area contributed by atoms with E-state index in [4.69, 9.17) is 5.11 Å². The van der Waals surface area contributed by atoms with Crippen molar-refractivity contribution in [3.8, 4) is 0 Å². The highest BCUT2D eigenvalue weighted by atomic mass is 19.3. The average Bonchev–Trinajstić information content (AvgIpc) is 2.82. The molecule has 8 heteroatoms. The third-order valence-electron chi connectivity index (χ3n) is 6.03. The van der Waals surface area contributed by atoms with Crippen LogP contribution in [-0.4, -0.2) is 47.2 Å². The van der Waals surface area contributed by atoms with E-state index in [0.29, 0.717) is 24.9 Å². The summed E-state index contributed by atoms with van der Waals surface area (Å²) in [5.41, 5.74) is -0.318. The number of carboxylic acid groups (broad SMARTS) is 1. The maximum atomic E-state index is 13.9. The van der Waals surface area contributed by atoms with Gasteiger partial charge >= 0.3 is 5.97 Å². The van der Waals surface area contributed by atoms with Gasteiger partial charge in [0.15, 0.2) is 0 Å². The minimum Gasteiger partial charge on any atom is -0.481 e. The van der Waals surface area contributed by atoms with Crippen LogP contribution in [0.15, 0.2) is 6.07 Å². The molecule has 3 unspecified atom stereocenters. The predicted octanol–water partition coefficient (Wildman–Crippen LogP) is 2.35. The van der Waals surface area contributed by atoms with Crippen LogP contribution >= 0.6 is 0 Å². The van der Waals surface area contributed by atoms with E-state index >= 15 is 0 Å². The summed E-state index contributed by atoms with van der Waals surface area (Å²) in [5.74, 6) is -2.44. The van der Waals surface area contributed by atoms with Crippen molar-refractivity contribution in [2.45, 2.75) is 32.6 Å². The standard InChI is InChI=1S/C17H22F2N4O2/c1-16-9-23(8-11(16)10(16)6-14(24)25)13-7-12(17(2,18)19)20-15(21-13)22-4-3-5-22/h7,10-11H,3-6,8-9H2,1-2H3,(H,24,25). The lowest BCUT2D eigenvalue weighted by molar-refractivity contribution is -0.137. The van der Waals surface area contributed by atoms with Gasteiger partial charge in [-0.1, -0.05) is 6.92 Å². The number of hydrogen-bond donors (Lipinski definition) is 1. The van der Waals surface area contributed by atoms with Gasteiger partial charge in [-0.15, -0.1) is 0 Å². The minimum atomic E-state index is -3.02. The molecular formula is C17H22F2N4O2. The van der Waals surface area contributed by atoms with E-state index in [1.54, 1.807) is 0 Å². The normalized spacial score (nSPS) is 30.9. The third-order valence-corrected chi connectivity index (χ3v) is 6.03. The first kappa shape index (κ1) is 16.5. The Labute approximate surface area is 144 Å². The number of alkyl halides is 2. The van der Waals surface area contributed by atoms with Gasteiger partial charge < -0.3 is 14.9 Å². The summed E-state index contributed by atoms with van der Waals surface area (Å²) in [6.45, 7) is 5.83. The second-order valence-electron chi connectivity index (χ2n) is 7.84. The van der Waals surface area contributed by atoms with Crippen LogP contribution in [0.25, 0.3) is 0 Å². The zero-order chi connectivity index (χ0) is 18.0. The van der Waals surface area contributed by atoms with Crippen LogP contribution in [0.5, 0.6) is 0 Å². The summed E-state index contributed by atoms with van der Waals surface area (Å²) in [6, 6.07) is 1.38. The molecule has 0 bridgehead atoms. The molecule has 4 rings (SSSR count). The molecule has 3 atom stereocenters. The molecule has 6 nitrogen and oxygen atoms in total. The van der Waals surface area contributed by atoms with Crippen LogP contribution in [0.1, 0.15) is 32.4 Å². The van der Waals surface area contributed by atoms with E-state index < -0.39 is 11.9 Å². The first-order valence-corrected chi connectivity index (χ1v) is 8.67. The largest absolute Gasteiger partial charge is 0.481 e. The lowest BCUT2D eigenvalue weighted by Gasteiger charge is -2.32. The summed E-state index contributed by atoms with van der Waals surface area (Å²) in [4.78, 5) is 23.5. The van der Waals surface area contributed by atoms with E-state index in [-0.39, 0.29) is 29.4 Å². The van der Waals surface area contributed by atoms with Crippen molar-refractivity contribution < 1.29 is 18.7 Å². The molecular weight excluding hydrogens is 330 g/mol. The predicted molar refractivity (Wildman–Crippen MR) is 88.0 cm³/mol. The molecule has 0 spiro atoms. The number of aromatic nitrogens is 2. The number of aliphatic carboxylic acids is 1. The zero-order valence-electron chi connectivity index (χ0n) is 14.4. The van der Waals surface area contributed by atoms with E-state index in [9.17, 15) is 13.6 Å². The Hall–Kier alpha value is -1.99. The van der Waals surface area contributed by atoms with Gasteiger partial charge in [0, 0.05) is 45.6 Å². The molecule has 3 fully saturated rings. The second kappa shape index (κ2) is 5.25. The minimum absolute atomic E-state index is 0.0604. The molecule has 25 heavy (non-hydrogen) atoms. The maximum Gasteiger partial charge on any atom is 0.303 e. The van der Waals surface area contributed by atoms with Gasteiger partial charge in [0.1, 0.15) is 11.5 Å². The molecule has 0 amide bonds.